The van der Waals surface area contributed by atoms with Crippen LogP contribution in [0.3, 0.4) is 0 Å². The van der Waals surface area contributed by atoms with Crippen LogP contribution >= 0.6 is 0 Å². The molecule has 4 aromatic rings. The molecule has 2 aromatic carbocycles. The van der Waals surface area contributed by atoms with Crippen LogP contribution in [0.5, 0.6) is 0 Å². The van der Waals surface area contributed by atoms with Gasteiger partial charge in [0, 0.05) is 30.0 Å². The summed E-state index contributed by atoms with van der Waals surface area (Å²) in [7, 11) is -2.12. The van der Waals surface area contributed by atoms with Crippen molar-refractivity contribution in [1.82, 2.24) is 26.3 Å². The lowest BCUT2D eigenvalue weighted by atomic mass is 10.1. The molecule has 0 aliphatic heterocycles. The first-order chi connectivity index (χ1) is 15.2. The number of methoxy groups -OCH3 is 1. The Kier molecular flexibility index (Phi) is 6.82. The summed E-state index contributed by atoms with van der Waals surface area (Å²) >= 11 is 0. The normalized spacial score (nSPS) is 11.9. The Morgan fingerprint density at radius 3 is 2.64 bits per heavy atom. The maximum Gasteiger partial charge on any atom is 0.227 e. The summed E-state index contributed by atoms with van der Waals surface area (Å²) in [5.41, 5.74) is 3.04. The Balaban J connectivity index is 0.00000306. The number of para-hydroxylation sites is 1. The summed E-state index contributed by atoms with van der Waals surface area (Å²) in [6, 6.07) is 14.4. The van der Waals surface area contributed by atoms with Gasteiger partial charge in [0.15, 0.2) is 9.84 Å². The standard InChI is InChI=1S/C23H25N5O3S.H3N/c1-15-17-10-9-16(13-20(17)28-27-15)18-11-12-24-22(25-18)26-19-7-5-6-8-21(19)32(29,30)14-23(2,3)31-4;/h5-13H,14H2,1-4H3,(H,27,28)(H,24,25,26);1H3. The molecule has 4 rings (SSSR count). The smallest absolute Gasteiger partial charge is 0.227 e. The Morgan fingerprint density at radius 2 is 1.88 bits per heavy atom. The van der Waals surface area contributed by atoms with E-state index in [1.807, 2.05) is 25.1 Å². The van der Waals surface area contributed by atoms with Crippen LogP contribution in [-0.2, 0) is 14.6 Å². The van der Waals surface area contributed by atoms with Crippen LogP contribution in [0.4, 0.5) is 11.6 Å². The number of H-pyrrole nitrogens is 1. The number of nitrogens with zero attached hydrogens (tertiary/aromatic N) is 3. The van der Waals surface area contributed by atoms with Crippen molar-refractivity contribution in [3.05, 3.63) is 60.4 Å². The Bertz CT molecular complexity index is 1380. The molecule has 10 heteroatoms. The fourth-order valence-electron chi connectivity index (χ4n) is 3.44. The minimum atomic E-state index is -3.62. The number of ether oxygens (including phenoxy) is 1. The van der Waals surface area contributed by atoms with Crippen molar-refractivity contribution in [3.8, 4) is 11.3 Å². The summed E-state index contributed by atoms with van der Waals surface area (Å²) in [6.07, 6.45) is 1.63. The van der Waals surface area contributed by atoms with Crippen molar-refractivity contribution in [2.24, 2.45) is 0 Å². The van der Waals surface area contributed by atoms with Crippen LogP contribution < -0.4 is 11.5 Å². The van der Waals surface area contributed by atoms with Crippen molar-refractivity contribution in [2.75, 3.05) is 18.2 Å². The van der Waals surface area contributed by atoms with Gasteiger partial charge in [0.2, 0.25) is 5.95 Å². The lowest BCUT2D eigenvalue weighted by Gasteiger charge is -2.23. The largest absolute Gasteiger partial charge is 0.378 e. The molecule has 2 aromatic heterocycles. The van der Waals surface area contributed by atoms with E-state index in [0.29, 0.717) is 17.3 Å². The molecule has 0 radical (unpaired) electrons. The maximum absolute atomic E-state index is 13.1. The molecular weight excluding hydrogens is 440 g/mol. The van der Waals surface area contributed by atoms with E-state index in [0.717, 1.165) is 22.2 Å². The van der Waals surface area contributed by atoms with Gasteiger partial charge in [-0.3, -0.25) is 5.10 Å². The monoisotopic (exact) mass is 468 g/mol. The van der Waals surface area contributed by atoms with Gasteiger partial charge in [-0.1, -0.05) is 24.3 Å². The van der Waals surface area contributed by atoms with E-state index in [-0.39, 0.29) is 16.8 Å². The summed E-state index contributed by atoms with van der Waals surface area (Å²) < 4.78 is 31.4. The summed E-state index contributed by atoms with van der Waals surface area (Å²) in [6.45, 7) is 5.46. The van der Waals surface area contributed by atoms with E-state index in [1.165, 1.54) is 7.11 Å². The van der Waals surface area contributed by atoms with Crippen molar-refractivity contribution in [3.63, 3.8) is 0 Å². The second kappa shape index (κ2) is 9.26. The maximum atomic E-state index is 13.1. The summed E-state index contributed by atoms with van der Waals surface area (Å²) in [5.74, 6) is 0.147. The van der Waals surface area contributed by atoms with Gasteiger partial charge >= 0.3 is 0 Å². The molecule has 174 valence electrons. The van der Waals surface area contributed by atoms with E-state index in [2.05, 4.69) is 25.5 Å². The number of rotatable bonds is 7. The minimum Gasteiger partial charge on any atom is -0.378 e. The van der Waals surface area contributed by atoms with Crippen molar-refractivity contribution >= 4 is 32.4 Å². The molecule has 0 fully saturated rings. The highest BCUT2D eigenvalue weighted by atomic mass is 32.2. The van der Waals surface area contributed by atoms with Crippen LogP contribution in [0, 0.1) is 6.92 Å². The average molecular weight is 469 g/mol. The van der Waals surface area contributed by atoms with Crippen molar-refractivity contribution in [1.29, 1.82) is 0 Å². The molecule has 0 aliphatic carbocycles. The summed E-state index contributed by atoms with van der Waals surface area (Å²) in [5, 5.41) is 11.4. The van der Waals surface area contributed by atoms with E-state index in [1.54, 1.807) is 50.4 Å². The van der Waals surface area contributed by atoms with Crippen molar-refractivity contribution in [2.45, 2.75) is 31.3 Å². The number of aromatic nitrogens is 4. The van der Waals surface area contributed by atoms with Gasteiger partial charge < -0.3 is 16.2 Å². The minimum absolute atomic E-state index is 0. The third-order valence-corrected chi connectivity index (χ3v) is 7.36. The molecular formula is C23H28N6O3S. The van der Waals surface area contributed by atoms with Gasteiger partial charge in [-0.15, -0.1) is 0 Å². The molecule has 0 atom stereocenters. The third-order valence-electron chi connectivity index (χ3n) is 5.26. The topological polar surface area (TPSA) is 145 Å². The first-order valence-electron chi connectivity index (χ1n) is 10.1. The van der Waals surface area contributed by atoms with Gasteiger partial charge in [0.25, 0.3) is 0 Å². The molecule has 5 N–H and O–H groups in total. The number of fused-ring (bicyclic) bond motifs is 1. The Labute approximate surface area is 193 Å². The number of nitrogens with one attached hydrogen (secondary N) is 2. The highest BCUT2D eigenvalue weighted by Gasteiger charge is 2.29. The number of anilines is 2. The molecule has 0 spiro atoms. The zero-order chi connectivity index (χ0) is 22.9. The zero-order valence-electron chi connectivity index (χ0n) is 19.1. The lowest BCUT2D eigenvalue weighted by molar-refractivity contribution is 0.0426. The summed E-state index contributed by atoms with van der Waals surface area (Å²) in [4.78, 5) is 9.04. The van der Waals surface area contributed by atoms with Crippen LogP contribution in [0.1, 0.15) is 19.5 Å². The van der Waals surface area contributed by atoms with Crippen molar-refractivity contribution < 1.29 is 13.2 Å². The van der Waals surface area contributed by atoms with Gasteiger partial charge in [-0.25, -0.2) is 18.4 Å². The van der Waals surface area contributed by atoms with Gasteiger partial charge in [-0.05, 0) is 45.0 Å². The third kappa shape index (κ3) is 5.19. The van der Waals surface area contributed by atoms with Gasteiger partial charge in [0.1, 0.15) is 0 Å². The fourth-order valence-corrected chi connectivity index (χ4v) is 5.37. The van der Waals surface area contributed by atoms with E-state index in [9.17, 15) is 8.42 Å². The molecule has 2 heterocycles. The quantitative estimate of drug-likeness (QED) is 0.361. The molecule has 0 amide bonds. The number of aryl methyl sites for hydroxylation is 1. The predicted octanol–water partition coefficient (Wildman–Crippen LogP) is 4.43. The molecule has 0 saturated carbocycles. The second-order valence-corrected chi connectivity index (χ2v) is 10.1. The molecule has 0 saturated heterocycles. The number of hydrogen-bond acceptors (Lipinski definition) is 8. The first-order valence-corrected chi connectivity index (χ1v) is 11.8. The second-order valence-electron chi connectivity index (χ2n) is 8.19. The molecule has 0 bridgehead atoms. The number of aromatic amines is 1. The number of hydrogen-bond donors (Lipinski definition) is 3. The van der Waals surface area contributed by atoms with E-state index in [4.69, 9.17) is 4.74 Å². The highest BCUT2D eigenvalue weighted by Crippen LogP contribution is 2.28. The van der Waals surface area contributed by atoms with Crippen LogP contribution in [0.2, 0.25) is 0 Å². The zero-order valence-corrected chi connectivity index (χ0v) is 19.9. The van der Waals surface area contributed by atoms with Crippen LogP contribution in [-0.4, -0.2) is 47.0 Å². The fraction of sp³-hybridized carbons (Fsp3) is 0.261. The van der Waals surface area contributed by atoms with Crippen LogP contribution in [0.25, 0.3) is 22.2 Å². The average Bonchev–Trinajstić information content (AvgIpc) is 3.14. The van der Waals surface area contributed by atoms with Gasteiger partial charge in [0.05, 0.1) is 33.1 Å². The Morgan fingerprint density at radius 1 is 1.12 bits per heavy atom. The molecule has 9 nitrogen and oxygen atoms in total. The predicted molar refractivity (Wildman–Crippen MR) is 130 cm³/mol. The highest BCUT2D eigenvalue weighted by molar-refractivity contribution is 7.91. The Hall–Kier alpha value is -3.34. The molecule has 0 aliphatic rings. The number of benzene rings is 2. The number of sulfone groups is 1. The first kappa shape index (κ1) is 24.3. The van der Waals surface area contributed by atoms with E-state index >= 15 is 0 Å². The van der Waals surface area contributed by atoms with Crippen LogP contribution in [0.15, 0.2) is 59.6 Å². The molecule has 33 heavy (non-hydrogen) atoms. The van der Waals surface area contributed by atoms with Gasteiger partial charge in [-0.2, -0.15) is 5.10 Å². The lowest BCUT2D eigenvalue weighted by Crippen LogP contribution is -2.32. The molecule has 0 unspecified atom stereocenters. The van der Waals surface area contributed by atoms with E-state index < -0.39 is 15.4 Å². The SMILES string of the molecule is COC(C)(C)CS(=O)(=O)c1ccccc1Nc1nccc(-c2ccc3c(C)[nH]nc3c2)n1.N.